The maximum Gasteiger partial charge on any atom is 0.261 e. The molecule has 3 rings (SSSR count). The Kier molecular flexibility index (Phi) is 2.08. The molecule has 15 heavy (non-hydrogen) atoms. The standard InChI is InChI=1S/C10H10IN3O/c11-6-4-12-9-8(6)10(15)14-7(13-9)3-5-1-2-5/h4-5H,1-3H2,(H2,12,13,14,15). The number of halogens is 1. The highest BCUT2D eigenvalue weighted by molar-refractivity contribution is 14.1. The van der Waals surface area contributed by atoms with E-state index in [0.29, 0.717) is 11.0 Å². The number of nitrogens with one attached hydrogen (secondary N) is 2. The molecular formula is C10H10IN3O. The van der Waals surface area contributed by atoms with E-state index in [1.165, 1.54) is 12.8 Å². The summed E-state index contributed by atoms with van der Waals surface area (Å²) in [7, 11) is 0. The number of aromatic amines is 2. The van der Waals surface area contributed by atoms with Crippen LogP contribution in [0.1, 0.15) is 18.7 Å². The number of aromatic nitrogens is 3. The Morgan fingerprint density at radius 3 is 3.07 bits per heavy atom. The van der Waals surface area contributed by atoms with Crippen LogP contribution in [-0.2, 0) is 6.42 Å². The molecule has 0 aromatic carbocycles. The number of hydrogen-bond donors (Lipinski definition) is 2. The highest BCUT2D eigenvalue weighted by atomic mass is 127. The third-order valence-electron chi connectivity index (χ3n) is 2.72. The quantitative estimate of drug-likeness (QED) is 0.830. The Morgan fingerprint density at radius 1 is 1.53 bits per heavy atom. The summed E-state index contributed by atoms with van der Waals surface area (Å²) >= 11 is 2.14. The Hall–Kier alpha value is -0.850. The molecule has 0 amide bonds. The highest BCUT2D eigenvalue weighted by Crippen LogP contribution is 2.31. The maximum atomic E-state index is 11.8. The maximum absolute atomic E-state index is 11.8. The lowest BCUT2D eigenvalue weighted by atomic mass is 10.3. The first-order chi connectivity index (χ1) is 7.24. The summed E-state index contributed by atoms with van der Waals surface area (Å²) in [6.07, 6.45) is 5.25. The second kappa shape index (κ2) is 3.33. The van der Waals surface area contributed by atoms with Crippen LogP contribution in [-0.4, -0.2) is 15.0 Å². The third-order valence-corrected chi connectivity index (χ3v) is 3.57. The van der Waals surface area contributed by atoms with Gasteiger partial charge in [-0.1, -0.05) is 0 Å². The lowest BCUT2D eigenvalue weighted by Gasteiger charge is -1.98. The fraction of sp³-hybridized carbons (Fsp3) is 0.400. The van der Waals surface area contributed by atoms with Crippen LogP contribution in [0.2, 0.25) is 0 Å². The molecule has 0 unspecified atom stereocenters. The first-order valence-corrected chi connectivity index (χ1v) is 6.07. The Bertz CT molecular complexity index is 568. The molecule has 0 atom stereocenters. The second-order valence-corrected chi connectivity index (χ2v) is 5.18. The fourth-order valence-electron chi connectivity index (χ4n) is 1.74. The topological polar surface area (TPSA) is 61.5 Å². The van der Waals surface area contributed by atoms with Crippen molar-refractivity contribution in [3.05, 3.63) is 25.9 Å². The largest absolute Gasteiger partial charge is 0.345 e. The number of rotatable bonds is 2. The minimum atomic E-state index is -0.0266. The van der Waals surface area contributed by atoms with Gasteiger partial charge in [-0.05, 0) is 41.4 Å². The average molecular weight is 315 g/mol. The van der Waals surface area contributed by atoms with E-state index >= 15 is 0 Å². The van der Waals surface area contributed by atoms with Crippen LogP contribution in [0.4, 0.5) is 0 Å². The molecule has 0 aliphatic heterocycles. The van der Waals surface area contributed by atoms with Crippen molar-refractivity contribution in [2.75, 3.05) is 0 Å². The Labute approximate surface area is 99.6 Å². The molecule has 1 saturated carbocycles. The molecule has 0 spiro atoms. The molecule has 0 bridgehead atoms. The van der Waals surface area contributed by atoms with Crippen molar-refractivity contribution in [3.8, 4) is 0 Å². The summed E-state index contributed by atoms with van der Waals surface area (Å²) in [5, 5.41) is 0.676. The average Bonchev–Trinajstić information content (AvgIpc) is 2.90. The van der Waals surface area contributed by atoms with E-state index in [0.717, 1.165) is 21.7 Å². The smallest absolute Gasteiger partial charge is 0.261 e. The second-order valence-electron chi connectivity index (χ2n) is 4.02. The normalized spacial score (nSPS) is 16.1. The van der Waals surface area contributed by atoms with Crippen LogP contribution in [0, 0.1) is 9.49 Å². The van der Waals surface area contributed by atoms with Crippen LogP contribution < -0.4 is 5.56 Å². The summed E-state index contributed by atoms with van der Waals surface area (Å²) in [5.41, 5.74) is 0.681. The zero-order chi connectivity index (χ0) is 10.4. The van der Waals surface area contributed by atoms with Crippen molar-refractivity contribution in [2.24, 2.45) is 5.92 Å². The van der Waals surface area contributed by atoms with E-state index in [1.807, 2.05) is 6.20 Å². The van der Waals surface area contributed by atoms with Crippen molar-refractivity contribution >= 4 is 33.6 Å². The van der Waals surface area contributed by atoms with E-state index in [4.69, 9.17) is 0 Å². The van der Waals surface area contributed by atoms with Gasteiger partial charge in [-0.3, -0.25) is 4.79 Å². The molecule has 2 N–H and O–H groups in total. The summed E-state index contributed by atoms with van der Waals surface area (Å²) in [4.78, 5) is 22.1. The molecular weight excluding hydrogens is 305 g/mol. The van der Waals surface area contributed by atoms with E-state index in [2.05, 4.69) is 37.5 Å². The number of H-pyrrole nitrogens is 2. The summed E-state index contributed by atoms with van der Waals surface area (Å²) in [6, 6.07) is 0. The van der Waals surface area contributed by atoms with Crippen LogP contribution >= 0.6 is 22.6 Å². The van der Waals surface area contributed by atoms with Gasteiger partial charge < -0.3 is 9.97 Å². The zero-order valence-corrected chi connectivity index (χ0v) is 10.2. The molecule has 0 radical (unpaired) electrons. The summed E-state index contributed by atoms with van der Waals surface area (Å²) < 4.78 is 0.925. The molecule has 1 aliphatic carbocycles. The minimum absolute atomic E-state index is 0.0266. The molecule has 4 nitrogen and oxygen atoms in total. The number of hydrogen-bond acceptors (Lipinski definition) is 2. The lowest BCUT2D eigenvalue weighted by Crippen LogP contribution is -2.12. The molecule has 78 valence electrons. The van der Waals surface area contributed by atoms with Crippen molar-refractivity contribution in [2.45, 2.75) is 19.3 Å². The Balaban J connectivity index is 2.14. The third kappa shape index (κ3) is 1.68. The van der Waals surface area contributed by atoms with Gasteiger partial charge in [-0.15, -0.1) is 0 Å². The monoisotopic (exact) mass is 315 g/mol. The van der Waals surface area contributed by atoms with Crippen molar-refractivity contribution in [3.63, 3.8) is 0 Å². The van der Waals surface area contributed by atoms with Crippen molar-refractivity contribution < 1.29 is 0 Å². The molecule has 1 aliphatic rings. The van der Waals surface area contributed by atoms with E-state index in [9.17, 15) is 4.79 Å². The summed E-state index contributed by atoms with van der Waals surface area (Å²) in [6.45, 7) is 0. The van der Waals surface area contributed by atoms with Crippen LogP contribution in [0.3, 0.4) is 0 Å². The van der Waals surface area contributed by atoms with E-state index < -0.39 is 0 Å². The van der Waals surface area contributed by atoms with Gasteiger partial charge in [0.25, 0.3) is 5.56 Å². The molecule has 5 heteroatoms. The van der Waals surface area contributed by atoms with E-state index in [-0.39, 0.29) is 5.56 Å². The summed E-state index contributed by atoms with van der Waals surface area (Å²) in [5.74, 6) is 1.55. The van der Waals surface area contributed by atoms with Gasteiger partial charge in [0.15, 0.2) is 0 Å². The van der Waals surface area contributed by atoms with Gasteiger partial charge >= 0.3 is 0 Å². The number of fused-ring (bicyclic) bond motifs is 1. The number of nitrogens with zero attached hydrogens (tertiary/aromatic N) is 1. The van der Waals surface area contributed by atoms with Gasteiger partial charge in [0.2, 0.25) is 0 Å². The molecule has 1 fully saturated rings. The molecule has 2 aromatic rings. The predicted octanol–water partition coefficient (Wildman–Crippen LogP) is 1.81. The minimum Gasteiger partial charge on any atom is -0.345 e. The van der Waals surface area contributed by atoms with Gasteiger partial charge in [0.1, 0.15) is 11.5 Å². The van der Waals surface area contributed by atoms with Crippen LogP contribution in [0.25, 0.3) is 11.0 Å². The molecule has 2 heterocycles. The predicted molar refractivity (Wildman–Crippen MR) is 65.9 cm³/mol. The molecule has 0 saturated heterocycles. The first-order valence-electron chi connectivity index (χ1n) is 5.00. The van der Waals surface area contributed by atoms with Gasteiger partial charge in [-0.2, -0.15) is 0 Å². The first kappa shape index (κ1) is 9.38. The van der Waals surface area contributed by atoms with Gasteiger partial charge in [0.05, 0.1) is 5.39 Å². The van der Waals surface area contributed by atoms with Gasteiger partial charge in [0, 0.05) is 16.2 Å². The van der Waals surface area contributed by atoms with Gasteiger partial charge in [-0.25, -0.2) is 4.98 Å². The van der Waals surface area contributed by atoms with E-state index in [1.54, 1.807) is 0 Å². The molecule has 2 aromatic heterocycles. The van der Waals surface area contributed by atoms with Crippen LogP contribution in [0.15, 0.2) is 11.0 Å². The highest BCUT2D eigenvalue weighted by Gasteiger charge is 2.23. The SMILES string of the molecule is O=c1[nH]c(CC2CC2)nc2[nH]cc(I)c12. The van der Waals surface area contributed by atoms with Crippen LogP contribution in [0.5, 0.6) is 0 Å². The Morgan fingerprint density at radius 2 is 2.33 bits per heavy atom. The van der Waals surface area contributed by atoms with Crippen molar-refractivity contribution in [1.82, 2.24) is 15.0 Å². The lowest BCUT2D eigenvalue weighted by molar-refractivity contribution is 0.770. The fourth-order valence-corrected chi connectivity index (χ4v) is 2.40. The zero-order valence-electron chi connectivity index (χ0n) is 8.01. The van der Waals surface area contributed by atoms with Crippen molar-refractivity contribution in [1.29, 1.82) is 0 Å².